The van der Waals surface area contributed by atoms with Crippen molar-refractivity contribution >= 4 is 34.0 Å². The maximum atomic E-state index is 11.0. The summed E-state index contributed by atoms with van der Waals surface area (Å²) in [4.78, 5) is 20.2. The van der Waals surface area contributed by atoms with Gasteiger partial charge in [0.05, 0.1) is 0 Å². The molecule has 1 N–H and O–H groups in total. The van der Waals surface area contributed by atoms with Crippen molar-refractivity contribution in [3.05, 3.63) is 10.0 Å². The molecular formula is C14H20ClN3O2S. The van der Waals surface area contributed by atoms with Gasteiger partial charge in [-0.1, -0.05) is 29.4 Å². The van der Waals surface area contributed by atoms with Gasteiger partial charge in [0.25, 0.3) is 0 Å². The average Bonchev–Trinajstić information content (AvgIpc) is 2.90. The summed E-state index contributed by atoms with van der Waals surface area (Å²) in [7, 11) is 0. The molecule has 3 rings (SSSR count). The van der Waals surface area contributed by atoms with E-state index in [0.717, 1.165) is 31.1 Å². The summed E-state index contributed by atoms with van der Waals surface area (Å²) in [5, 5.41) is 9.91. The summed E-state index contributed by atoms with van der Waals surface area (Å²) in [5.41, 5.74) is 0. The van der Waals surface area contributed by atoms with Crippen LogP contribution in [-0.2, 0) is 0 Å². The molecule has 0 amide bonds. The number of thiazole rings is 1. The molecule has 21 heavy (non-hydrogen) atoms. The second kappa shape index (κ2) is 6.50. The largest absolute Gasteiger partial charge is 0.477 e. The zero-order valence-electron chi connectivity index (χ0n) is 11.9. The van der Waals surface area contributed by atoms with E-state index in [4.69, 9.17) is 16.7 Å². The van der Waals surface area contributed by atoms with Crippen LogP contribution in [0, 0.1) is 0 Å². The maximum Gasteiger partial charge on any atom is 0.349 e. The number of aromatic nitrogens is 1. The van der Waals surface area contributed by atoms with Gasteiger partial charge in [-0.05, 0) is 38.8 Å². The van der Waals surface area contributed by atoms with E-state index in [1.165, 1.54) is 43.7 Å². The van der Waals surface area contributed by atoms with Crippen molar-refractivity contribution in [2.75, 3.05) is 31.1 Å². The van der Waals surface area contributed by atoms with Gasteiger partial charge in [-0.15, -0.1) is 0 Å². The van der Waals surface area contributed by atoms with Gasteiger partial charge >= 0.3 is 5.97 Å². The molecule has 1 aromatic heterocycles. The molecule has 0 bridgehead atoms. The van der Waals surface area contributed by atoms with E-state index < -0.39 is 5.97 Å². The molecule has 0 radical (unpaired) electrons. The third-order valence-corrected chi connectivity index (χ3v) is 5.90. The minimum Gasteiger partial charge on any atom is -0.477 e. The predicted molar refractivity (Wildman–Crippen MR) is 84.7 cm³/mol. The van der Waals surface area contributed by atoms with Crippen molar-refractivity contribution < 1.29 is 9.90 Å². The Hall–Kier alpha value is -0.850. The van der Waals surface area contributed by atoms with Crippen molar-refractivity contribution in [3.8, 4) is 0 Å². The van der Waals surface area contributed by atoms with E-state index in [-0.39, 0.29) is 10.0 Å². The molecule has 0 unspecified atom stereocenters. The molecule has 0 spiro atoms. The first kappa shape index (κ1) is 15.1. The van der Waals surface area contributed by atoms with Gasteiger partial charge < -0.3 is 14.9 Å². The molecule has 0 atom stereocenters. The number of carbonyl (C=O) groups is 1. The van der Waals surface area contributed by atoms with Crippen LogP contribution in [0.25, 0.3) is 0 Å². The fourth-order valence-corrected chi connectivity index (χ4v) is 4.44. The lowest BCUT2D eigenvalue weighted by molar-refractivity contribution is 0.0702. The molecule has 5 nitrogen and oxygen atoms in total. The lowest BCUT2D eigenvalue weighted by Gasteiger charge is -2.40. The Bertz CT molecular complexity index is 508. The van der Waals surface area contributed by atoms with E-state index in [1.807, 2.05) is 0 Å². The summed E-state index contributed by atoms with van der Waals surface area (Å²) in [6.45, 7) is 4.34. The number of carboxylic acids is 1. The number of halogens is 1. The van der Waals surface area contributed by atoms with E-state index in [0.29, 0.717) is 6.04 Å². The highest BCUT2D eigenvalue weighted by atomic mass is 35.5. The molecule has 7 heteroatoms. The van der Waals surface area contributed by atoms with Gasteiger partial charge in [-0.25, -0.2) is 9.78 Å². The normalized spacial score (nSPS) is 21.7. The summed E-state index contributed by atoms with van der Waals surface area (Å²) < 4.78 is 0. The number of rotatable bonds is 3. The Morgan fingerprint density at radius 2 is 1.86 bits per heavy atom. The summed E-state index contributed by atoms with van der Waals surface area (Å²) in [5.74, 6) is -0.994. The molecule has 2 aliphatic heterocycles. The Balaban J connectivity index is 1.60. The van der Waals surface area contributed by atoms with E-state index in [9.17, 15) is 4.79 Å². The summed E-state index contributed by atoms with van der Waals surface area (Å²) >= 11 is 7.07. The number of hydrogen-bond donors (Lipinski definition) is 1. The van der Waals surface area contributed by atoms with Gasteiger partial charge in [-0.2, -0.15) is 0 Å². The molecular weight excluding hydrogens is 310 g/mol. The van der Waals surface area contributed by atoms with Crippen LogP contribution in [-0.4, -0.2) is 53.2 Å². The van der Waals surface area contributed by atoms with Crippen molar-refractivity contribution in [2.45, 2.75) is 38.1 Å². The van der Waals surface area contributed by atoms with Gasteiger partial charge in [0, 0.05) is 19.1 Å². The molecule has 116 valence electrons. The number of piperidine rings is 2. The van der Waals surface area contributed by atoms with Crippen LogP contribution < -0.4 is 4.90 Å². The van der Waals surface area contributed by atoms with E-state index in [1.54, 1.807) is 0 Å². The zero-order valence-corrected chi connectivity index (χ0v) is 13.5. The Labute approximate surface area is 133 Å². The highest BCUT2D eigenvalue weighted by molar-refractivity contribution is 7.18. The molecule has 0 aromatic carbocycles. The fourth-order valence-electron chi connectivity index (χ4n) is 3.26. The molecule has 0 aliphatic carbocycles. The number of aromatic carboxylic acids is 1. The van der Waals surface area contributed by atoms with E-state index >= 15 is 0 Å². The third-order valence-electron chi connectivity index (χ3n) is 4.41. The second-order valence-electron chi connectivity index (χ2n) is 5.74. The molecule has 2 aliphatic rings. The van der Waals surface area contributed by atoms with Crippen LogP contribution in [0.4, 0.5) is 5.13 Å². The first-order valence-corrected chi connectivity index (χ1v) is 8.73. The predicted octanol–water partition coefficient (Wildman–Crippen LogP) is 2.95. The Morgan fingerprint density at radius 3 is 2.43 bits per heavy atom. The smallest absolute Gasteiger partial charge is 0.349 e. The van der Waals surface area contributed by atoms with Crippen LogP contribution in [0.5, 0.6) is 0 Å². The van der Waals surface area contributed by atoms with Crippen LogP contribution in [0.3, 0.4) is 0 Å². The van der Waals surface area contributed by atoms with E-state index in [2.05, 4.69) is 14.8 Å². The van der Waals surface area contributed by atoms with Crippen molar-refractivity contribution in [3.63, 3.8) is 0 Å². The SMILES string of the molecule is O=C(O)c1sc(N2CCC(N3CCCCC3)CC2)nc1Cl. The van der Waals surface area contributed by atoms with Crippen molar-refractivity contribution in [2.24, 2.45) is 0 Å². The average molecular weight is 330 g/mol. The quantitative estimate of drug-likeness (QED) is 0.924. The molecule has 2 saturated heterocycles. The van der Waals surface area contributed by atoms with Crippen molar-refractivity contribution in [1.82, 2.24) is 9.88 Å². The highest BCUT2D eigenvalue weighted by Crippen LogP contribution is 2.32. The minimum atomic E-state index is -0.994. The first-order chi connectivity index (χ1) is 10.1. The molecule has 3 heterocycles. The number of hydrogen-bond acceptors (Lipinski definition) is 5. The maximum absolute atomic E-state index is 11.0. The fraction of sp³-hybridized carbons (Fsp3) is 0.714. The standard InChI is InChI=1S/C14H20ClN3O2S/c15-12-11(13(19)20)21-14(16-12)18-8-4-10(5-9-18)17-6-2-1-3-7-17/h10H,1-9H2,(H,19,20). The van der Waals surface area contributed by atoms with Gasteiger partial charge in [0.1, 0.15) is 0 Å². The minimum absolute atomic E-state index is 0.112. The number of nitrogens with zero attached hydrogens (tertiary/aromatic N) is 3. The van der Waals surface area contributed by atoms with Crippen LogP contribution in [0.1, 0.15) is 41.8 Å². The summed E-state index contributed by atoms with van der Waals surface area (Å²) in [6, 6.07) is 0.677. The highest BCUT2D eigenvalue weighted by Gasteiger charge is 2.27. The second-order valence-corrected chi connectivity index (χ2v) is 7.07. The topological polar surface area (TPSA) is 56.7 Å². The zero-order chi connectivity index (χ0) is 14.8. The van der Waals surface area contributed by atoms with Gasteiger partial charge in [-0.3, -0.25) is 0 Å². The lowest BCUT2D eigenvalue weighted by atomic mass is 10.0. The van der Waals surface area contributed by atoms with Crippen molar-refractivity contribution in [1.29, 1.82) is 0 Å². The molecule has 2 fully saturated rings. The first-order valence-electron chi connectivity index (χ1n) is 7.54. The van der Waals surface area contributed by atoms with Crippen LogP contribution in [0.15, 0.2) is 0 Å². The molecule has 0 saturated carbocycles. The van der Waals surface area contributed by atoms with Crippen LogP contribution >= 0.6 is 22.9 Å². The number of carboxylic acid groups (broad SMARTS) is 1. The lowest BCUT2D eigenvalue weighted by Crippen LogP contribution is -2.46. The molecule has 1 aromatic rings. The third kappa shape index (κ3) is 3.33. The van der Waals surface area contributed by atoms with Gasteiger partial charge in [0.15, 0.2) is 15.2 Å². The Kier molecular flexibility index (Phi) is 4.66. The van der Waals surface area contributed by atoms with Gasteiger partial charge in [0.2, 0.25) is 0 Å². The number of anilines is 1. The summed E-state index contributed by atoms with van der Waals surface area (Å²) in [6.07, 6.45) is 6.26. The Morgan fingerprint density at radius 1 is 1.19 bits per heavy atom. The monoisotopic (exact) mass is 329 g/mol. The number of likely N-dealkylation sites (tertiary alicyclic amines) is 1. The van der Waals surface area contributed by atoms with Crippen LogP contribution in [0.2, 0.25) is 5.15 Å².